The van der Waals surface area contributed by atoms with Crippen LogP contribution < -0.4 is 4.74 Å². The van der Waals surface area contributed by atoms with Crippen LogP contribution in [0.1, 0.15) is 5.56 Å². The average molecular weight is 246 g/mol. The van der Waals surface area contributed by atoms with E-state index in [0.29, 0.717) is 11.3 Å². The Bertz CT molecular complexity index is 572. The van der Waals surface area contributed by atoms with E-state index in [9.17, 15) is 10.1 Å². The van der Waals surface area contributed by atoms with Crippen molar-refractivity contribution >= 4 is 5.69 Å². The summed E-state index contributed by atoms with van der Waals surface area (Å²) in [5, 5.41) is 19.8. The predicted molar refractivity (Wildman–Crippen MR) is 63.3 cm³/mol. The molecular weight excluding hydrogens is 236 g/mol. The number of benzene rings is 1. The number of hydrogen-bond acceptors (Lipinski definition) is 5. The molecule has 0 spiro atoms. The number of nitrogens with zero attached hydrogens (tertiary/aromatic N) is 2. The van der Waals surface area contributed by atoms with Crippen LogP contribution in [0.4, 0.5) is 5.69 Å². The summed E-state index contributed by atoms with van der Waals surface area (Å²) < 4.78 is 5.42. The second kappa shape index (κ2) is 5.24. The zero-order valence-corrected chi connectivity index (χ0v) is 9.31. The van der Waals surface area contributed by atoms with Gasteiger partial charge in [0.15, 0.2) is 0 Å². The van der Waals surface area contributed by atoms with Crippen LogP contribution in [0.2, 0.25) is 0 Å². The number of hydrogen-bond donors (Lipinski definition) is 1. The molecule has 0 aliphatic heterocycles. The van der Waals surface area contributed by atoms with E-state index in [4.69, 9.17) is 9.84 Å². The highest BCUT2D eigenvalue weighted by Crippen LogP contribution is 2.30. The molecule has 0 saturated carbocycles. The van der Waals surface area contributed by atoms with Crippen LogP contribution in [-0.2, 0) is 6.61 Å². The van der Waals surface area contributed by atoms with Crippen LogP contribution in [0.5, 0.6) is 11.5 Å². The van der Waals surface area contributed by atoms with Gasteiger partial charge in [-0.15, -0.1) is 0 Å². The van der Waals surface area contributed by atoms with E-state index in [-0.39, 0.29) is 18.0 Å². The lowest BCUT2D eigenvalue weighted by molar-refractivity contribution is -0.386. The number of rotatable bonds is 4. The lowest BCUT2D eigenvalue weighted by Crippen LogP contribution is -1.94. The van der Waals surface area contributed by atoms with E-state index >= 15 is 0 Å². The van der Waals surface area contributed by atoms with Gasteiger partial charge in [-0.3, -0.25) is 15.1 Å². The molecular formula is C12H10N2O4. The third kappa shape index (κ3) is 2.61. The van der Waals surface area contributed by atoms with Gasteiger partial charge < -0.3 is 9.84 Å². The summed E-state index contributed by atoms with van der Waals surface area (Å²) in [5.74, 6) is 0.543. The minimum atomic E-state index is -0.557. The summed E-state index contributed by atoms with van der Waals surface area (Å²) in [6.45, 7) is -0.115. The fourth-order valence-electron chi connectivity index (χ4n) is 1.43. The maximum Gasteiger partial charge on any atom is 0.329 e. The van der Waals surface area contributed by atoms with Crippen LogP contribution in [0.3, 0.4) is 0 Å². The molecule has 0 aliphatic carbocycles. The first-order chi connectivity index (χ1) is 8.70. The van der Waals surface area contributed by atoms with Crippen molar-refractivity contribution in [2.75, 3.05) is 0 Å². The molecule has 0 aliphatic rings. The first-order valence-corrected chi connectivity index (χ1v) is 5.17. The van der Waals surface area contributed by atoms with E-state index < -0.39 is 4.92 Å². The van der Waals surface area contributed by atoms with Crippen molar-refractivity contribution in [2.24, 2.45) is 0 Å². The van der Waals surface area contributed by atoms with Crippen molar-refractivity contribution in [3.05, 3.63) is 58.4 Å². The van der Waals surface area contributed by atoms with Crippen molar-refractivity contribution in [3.63, 3.8) is 0 Å². The van der Waals surface area contributed by atoms with Crippen molar-refractivity contribution in [3.8, 4) is 11.5 Å². The zero-order chi connectivity index (χ0) is 13.0. The van der Waals surface area contributed by atoms with Crippen molar-refractivity contribution in [1.82, 2.24) is 4.98 Å². The van der Waals surface area contributed by atoms with Gasteiger partial charge in [-0.2, -0.15) is 0 Å². The van der Waals surface area contributed by atoms with Crippen LogP contribution in [0.25, 0.3) is 0 Å². The first kappa shape index (κ1) is 12.0. The van der Waals surface area contributed by atoms with Gasteiger partial charge in [-0.1, -0.05) is 12.1 Å². The summed E-state index contributed by atoms with van der Waals surface area (Å²) in [6, 6.07) is 8.12. The second-order valence-corrected chi connectivity index (χ2v) is 3.51. The van der Waals surface area contributed by atoms with Gasteiger partial charge >= 0.3 is 5.69 Å². The standard InChI is InChI=1S/C12H10N2O4/c15-8-9-2-1-3-10(6-9)18-12-4-5-13-7-11(12)14(16)17/h1-7,15H,8H2. The average Bonchev–Trinajstić information content (AvgIpc) is 2.39. The Morgan fingerprint density at radius 1 is 1.39 bits per heavy atom. The fourth-order valence-corrected chi connectivity index (χ4v) is 1.43. The highest BCUT2D eigenvalue weighted by atomic mass is 16.6. The van der Waals surface area contributed by atoms with Gasteiger partial charge in [-0.05, 0) is 17.7 Å². The minimum Gasteiger partial charge on any atom is -0.450 e. The van der Waals surface area contributed by atoms with E-state index in [2.05, 4.69) is 4.98 Å². The number of ether oxygens (including phenoxy) is 1. The highest BCUT2D eigenvalue weighted by Gasteiger charge is 2.15. The summed E-state index contributed by atoms with van der Waals surface area (Å²) in [5.41, 5.74) is 0.469. The smallest absolute Gasteiger partial charge is 0.329 e. The third-order valence-electron chi connectivity index (χ3n) is 2.27. The molecule has 1 heterocycles. The van der Waals surface area contributed by atoms with Crippen LogP contribution in [0.15, 0.2) is 42.7 Å². The molecule has 0 unspecified atom stereocenters. The van der Waals surface area contributed by atoms with Gasteiger partial charge in [0.25, 0.3) is 0 Å². The van der Waals surface area contributed by atoms with Crippen molar-refractivity contribution in [1.29, 1.82) is 0 Å². The first-order valence-electron chi connectivity index (χ1n) is 5.17. The molecule has 0 saturated heterocycles. The van der Waals surface area contributed by atoms with Gasteiger partial charge in [0.2, 0.25) is 5.75 Å². The lowest BCUT2D eigenvalue weighted by atomic mass is 10.2. The SMILES string of the molecule is O=[N+]([O-])c1cnccc1Oc1cccc(CO)c1. The van der Waals surface area contributed by atoms with E-state index in [1.165, 1.54) is 12.3 Å². The molecule has 0 fully saturated rings. The normalized spacial score (nSPS) is 10.1. The molecule has 0 amide bonds. The number of aliphatic hydroxyl groups excluding tert-OH is 1. The Balaban J connectivity index is 2.31. The number of pyridine rings is 1. The Morgan fingerprint density at radius 2 is 2.22 bits per heavy atom. The maximum atomic E-state index is 10.8. The number of aromatic nitrogens is 1. The molecule has 1 aromatic heterocycles. The Morgan fingerprint density at radius 3 is 2.94 bits per heavy atom. The van der Waals surface area contributed by atoms with Crippen LogP contribution in [0, 0.1) is 10.1 Å². The van der Waals surface area contributed by atoms with Crippen molar-refractivity contribution < 1.29 is 14.8 Å². The molecule has 0 radical (unpaired) electrons. The Hall–Kier alpha value is -2.47. The summed E-state index contributed by atoms with van der Waals surface area (Å²) in [6.07, 6.45) is 2.55. The van der Waals surface area contributed by atoms with Crippen molar-refractivity contribution in [2.45, 2.75) is 6.61 Å². The maximum absolute atomic E-state index is 10.8. The lowest BCUT2D eigenvalue weighted by Gasteiger charge is -2.06. The van der Waals surface area contributed by atoms with Crippen LogP contribution in [-0.4, -0.2) is 15.0 Å². The fraction of sp³-hybridized carbons (Fsp3) is 0.0833. The predicted octanol–water partition coefficient (Wildman–Crippen LogP) is 2.27. The van der Waals surface area contributed by atoms with E-state index in [1.54, 1.807) is 24.3 Å². The minimum absolute atomic E-state index is 0.115. The largest absolute Gasteiger partial charge is 0.450 e. The topological polar surface area (TPSA) is 85.5 Å². The van der Waals surface area contributed by atoms with E-state index in [0.717, 1.165) is 6.20 Å². The van der Waals surface area contributed by atoms with Gasteiger partial charge in [-0.25, -0.2) is 0 Å². The monoisotopic (exact) mass is 246 g/mol. The van der Waals surface area contributed by atoms with Gasteiger partial charge in [0, 0.05) is 12.3 Å². The number of aliphatic hydroxyl groups is 1. The molecule has 2 rings (SSSR count). The van der Waals surface area contributed by atoms with E-state index in [1.807, 2.05) is 0 Å². The van der Waals surface area contributed by atoms with Gasteiger partial charge in [0.1, 0.15) is 11.9 Å². The third-order valence-corrected chi connectivity index (χ3v) is 2.27. The summed E-state index contributed by atoms with van der Waals surface area (Å²) in [4.78, 5) is 13.9. The summed E-state index contributed by atoms with van der Waals surface area (Å²) >= 11 is 0. The second-order valence-electron chi connectivity index (χ2n) is 3.51. The number of nitro groups is 1. The molecule has 6 heteroatoms. The molecule has 6 nitrogen and oxygen atoms in total. The molecule has 1 N–H and O–H groups in total. The summed E-state index contributed by atoms with van der Waals surface area (Å²) in [7, 11) is 0. The quantitative estimate of drug-likeness (QED) is 0.660. The highest BCUT2D eigenvalue weighted by molar-refractivity contribution is 5.46. The van der Waals surface area contributed by atoms with Crippen LogP contribution >= 0.6 is 0 Å². The zero-order valence-electron chi connectivity index (χ0n) is 9.31. The Labute approximate surface area is 103 Å². The molecule has 18 heavy (non-hydrogen) atoms. The molecule has 0 bridgehead atoms. The molecule has 92 valence electrons. The van der Waals surface area contributed by atoms with Gasteiger partial charge in [0.05, 0.1) is 11.5 Å². The Kier molecular flexibility index (Phi) is 3.49. The molecule has 0 atom stereocenters. The molecule has 1 aromatic carbocycles. The molecule has 2 aromatic rings.